The van der Waals surface area contributed by atoms with Crippen LogP contribution in [0.5, 0.6) is 0 Å². The van der Waals surface area contributed by atoms with Gasteiger partial charge in [-0.15, -0.1) is 0 Å². The van der Waals surface area contributed by atoms with Gasteiger partial charge in [-0.2, -0.15) is 4.39 Å². The summed E-state index contributed by atoms with van der Waals surface area (Å²) in [6, 6.07) is 11.3. The molecule has 0 spiro atoms. The van der Waals surface area contributed by atoms with Crippen LogP contribution in [0.15, 0.2) is 48.8 Å². The summed E-state index contributed by atoms with van der Waals surface area (Å²) in [7, 11) is 0. The Morgan fingerprint density at radius 1 is 1.00 bits per heavy atom. The Kier molecular flexibility index (Phi) is 2.65. The number of nitrogens with one attached hydrogen (secondary N) is 1. The van der Waals surface area contributed by atoms with E-state index in [0.29, 0.717) is 5.56 Å². The van der Waals surface area contributed by atoms with Crippen molar-refractivity contribution < 1.29 is 4.39 Å². The normalized spacial score (nSPS) is 11.4. The van der Waals surface area contributed by atoms with Crippen LogP contribution in [0.2, 0.25) is 0 Å². The third-order valence-electron chi connectivity index (χ3n) is 2.85. The van der Waals surface area contributed by atoms with Crippen LogP contribution in [0.4, 0.5) is 4.39 Å². The molecule has 0 aliphatic carbocycles. The van der Waals surface area contributed by atoms with Crippen molar-refractivity contribution in [3.63, 3.8) is 0 Å². The molecule has 0 aliphatic rings. The standard InChI is InChI=1S/C15H11FN2/c16-15-13(6-5-11-7-9-17-10-8-11)12-3-1-2-4-14(12)18-15/h1-10,18H/b6-5+. The highest BCUT2D eigenvalue weighted by Gasteiger charge is 2.07. The van der Waals surface area contributed by atoms with E-state index in [-0.39, 0.29) is 5.95 Å². The number of benzene rings is 1. The van der Waals surface area contributed by atoms with Crippen LogP contribution in [0.3, 0.4) is 0 Å². The van der Waals surface area contributed by atoms with Crippen molar-refractivity contribution in [3.8, 4) is 0 Å². The summed E-state index contributed by atoms with van der Waals surface area (Å²) in [5.74, 6) is -0.304. The van der Waals surface area contributed by atoms with E-state index in [1.165, 1.54) is 0 Å². The number of hydrogen-bond donors (Lipinski definition) is 1. The molecule has 3 aromatic rings. The summed E-state index contributed by atoms with van der Waals surface area (Å²) in [6.07, 6.45) is 7.08. The van der Waals surface area contributed by atoms with Crippen LogP contribution >= 0.6 is 0 Å². The number of H-pyrrole nitrogens is 1. The molecule has 0 amide bonds. The van der Waals surface area contributed by atoms with Gasteiger partial charge < -0.3 is 4.98 Å². The zero-order valence-corrected chi connectivity index (χ0v) is 9.60. The van der Waals surface area contributed by atoms with Crippen molar-refractivity contribution in [3.05, 3.63) is 65.9 Å². The van der Waals surface area contributed by atoms with Crippen molar-refractivity contribution >= 4 is 23.1 Å². The zero-order chi connectivity index (χ0) is 12.4. The molecule has 1 aromatic carbocycles. The molecule has 0 atom stereocenters. The molecular formula is C15H11FN2. The Balaban J connectivity index is 2.05. The van der Waals surface area contributed by atoms with Gasteiger partial charge in [-0.3, -0.25) is 4.98 Å². The second-order valence-corrected chi connectivity index (χ2v) is 4.01. The third-order valence-corrected chi connectivity index (χ3v) is 2.85. The first-order valence-corrected chi connectivity index (χ1v) is 5.69. The fraction of sp³-hybridized carbons (Fsp3) is 0. The second kappa shape index (κ2) is 4.45. The van der Waals surface area contributed by atoms with Gasteiger partial charge in [0.2, 0.25) is 0 Å². The summed E-state index contributed by atoms with van der Waals surface area (Å²) in [5.41, 5.74) is 2.39. The molecule has 1 N–H and O–H groups in total. The number of rotatable bonds is 2. The lowest BCUT2D eigenvalue weighted by Crippen LogP contribution is -1.76. The van der Waals surface area contributed by atoms with Crippen LogP contribution in [-0.4, -0.2) is 9.97 Å². The maximum absolute atomic E-state index is 13.8. The Hall–Kier alpha value is -2.42. The Labute approximate surface area is 104 Å². The number of halogens is 1. The van der Waals surface area contributed by atoms with Gasteiger partial charge in [0.1, 0.15) is 0 Å². The van der Waals surface area contributed by atoms with E-state index in [4.69, 9.17) is 0 Å². The lowest BCUT2D eigenvalue weighted by molar-refractivity contribution is 0.592. The van der Waals surface area contributed by atoms with Gasteiger partial charge in [-0.25, -0.2) is 0 Å². The summed E-state index contributed by atoms with van der Waals surface area (Å²) in [6.45, 7) is 0. The van der Waals surface area contributed by atoms with Gasteiger partial charge in [0, 0.05) is 28.9 Å². The molecule has 0 bridgehead atoms. The molecule has 0 unspecified atom stereocenters. The molecule has 3 rings (SSSR count). The molecule has 88 valence electrons. The minimum Gasteiger partial charge on any atom is -0.331 e. The smallest absolute Gasteiger partial charge is 0.199 e. The highest BCUT2D eigenvalue weighted by atomic mass is 19.1. The van der Waals surface area contributed by atoms with E-state index in [1.807, 2.05) is 42.5 Å². The number of aromatic amines is 1. The number of hydrogen-bond acceptors (Lipinski definition) is 1. The van der Waals surface area contributed by atoms with Crippen molar-refractivity contribution in [2.45, 2.75) is 0 Å². The van der Waals surface area contributed by atoms with Gasteiger partial charge in [0.05, 0.1) is 0 Å². The lowest BCUT2D eigenvalue weighted by atomic mass is 10.1. The SMILES string of the molecule is Fc1[nH]c2ccccc2c1/C=C/c1ccncc1. The fourth-order valence-corrected chi connectivity index (χ4v) is 1.95. The summed E-state index contributed by atoms with van der Waals surface area (Å²) < 4.78 is 13.8. The molecular weight excluding hydrogens is 227 g/mol. The van der Waals surface area contributed by atoms with E-state index in [1.54, 1.807) is 18.5 Å². The number of aromatic nitrogens is 2. The number of fused-ring (bicyclic) bond motifs is 1. The van der Waals surface area contributed by atoms with Gasteiger partial charge in [-0.1, -0.05) is 24.3 Å². The average Bonchev–Trinajstić information content (AvgIpc) is 2.73. The van der Waals surface area contributed by atoms with Crippen LogP contribution in [0, 0.1) is 5.95 Å². The average molecular weight is 238 g/mol. The first-order chi connectivity index (χ1) is 8.84. The first kappa shape index (κ1) is 10.7. The number of pyridine rings is 1. The Morgan fingerprint density at radius 2 is 1.78 bits per heavy atom. The first-order valence-electron chi connectivity index (χ1n) is 5.69. The monoisotopic (exact) mass is 238 g/mol. The fourth-order valence-electron chi connectivity index (χ4n) is 1.95. The van der Waals surface area contributed by atoms with Gasteiger partial charge in [-0.05, 0) is 29.8 Å². The maximum Gasteiger partial charge on any atom is 0.199 e. The van der Waals surface area contributed by atoms with Crippen LogP contribution in [0.1, 0.15) is 11.1 Å². The molecule has 0 radical (unpaired) electrons. The van der Waals surface area contributed by atoms with E-state index in [2.05, 4.69) is 9.97 Å². The van der Waals surface area contributed by atoms with E-state index in [9.17, 15) is 4.39 Å². The topological polar surface area (TPSA) is 28.7 Å². The quantitative estimate of drug-likeness (QED) is 0.721. The lowest BCUT2D eigenvalue weighted by Gasteiger charge is -1.93. The van der Waals surface area contributed by atoms with Gasteiger partial charge in [0.15, 0.2) is 5.95 Å². The molecule has 0 saturated heterocycles. The predicted octanol–water partition coefficient (Wildman–Crippen LogP) is 3.87. The van der Waals surface area contributed by atoms with E-state index in [0.717, 1.165) is 16.5 Å². The summed E-state index contributed by atoms with van der Waals surface area (Å²) in [5, 5.41) is 0.889. The third kappa shape index (κ3) is 1.91. The maximum atomic E-state index is 13.8. The van der Waals surface area contributed by atoms with Crippen LogP contribution in [0.25, 0.3) is 23.1 Å². The molecule has 2 nitrogen and oxygen atoms in total. The predicted molar refractivity (Wildman–Crippen MR) is 71.4 cm³/mol. The minimum atomic E-state index is -0.304. The molecule has 2 heterocycles. The molecule has 3 heteroatoms. The molecule has 0 aliphatic heterocycles. The van der Waals surface area contributed by atoms with Crippen molar-refractivity contribution in [1.29, 1.82) is 0 Å². The Bertz CT molecular complexity index is 699. The van der Waals surface area contributed by atoms with Gasteiger partial charge >= 0.3 is 0 Å². The van der Waals surface area contributed by atoms with Crippen molar-refractivity contribution in [2.75, 3.05) is 0 Å². The van der Waals surface area contributed by atoms with Crippen molar-refractivity contribution in [1.82, 2.24) is 9.97 Å². The van der Waals surface area contributed by atoms with E-state index >= 15 is 0 Å². The largest absolute Gasteiger partial charge is 0.331 e. The highest BCUT2D eigenvalue weighted by Crippen LogP contribution is 2.23. The van der Waals surface area contributed by atoms with E-state index < -0.39 is 0 Å². The van der Waals surface area contributed by atoms with Gasteiger partial charge in [0.25, 0.3) is 0 Å². The molecule has 2 aromatic heterocycles. The van der Waals surface area contributed by atoms with Crippen molar-refractivity contribution in [2.24, 2.45) is 0 Å². The number of nitrogens with zero attached hydrogens (tertiary/aromatic N) is 1. The summed E-state index contributed by atoms with van der Waals surface area (Å²) >= 11 is 0. The zero-order valence-electron chi connectivity index (χ0n) is 9.60. The summed E-state index contributed by atoms with van der Waals surface area (Å²) in [4.78, 5) is 6.68. The highest BCUT2D eigenvalue weighted by molar-refractivity contribution is 5.91. The molecule has 0 saturated carbocycles. The Morgan fingerprint density at radius 3 is 2.61 bits per heavy atom. The van der Waals surface area contributed by atoms with Crippen LogP contribution < -0.4 is 0 Å². The second-order valence-electron chi connectivity index (χ2n) is 4.01. The van der Waals surface area contributed by atoms with Crippen LogP contribution in [-0.2, 0) is 0 Å². The molecule has 18 heavy (non-hydrogen) atoms. The minimum absolute atomic E-state index is 0.304. The molecule has 0 fully saturated rings. The number of para-hydroxylation sites is 1.